The van der Waals surface area contributed by atoms with Gasteiger partial charge in [-0.05, 0) is 38.0 Å². The third-order valence-electron chi connectivity index (χ3n) is 5.17. The van der Waals surface area contributed by atoms with Crippen molar-refractivity contribution in [1.82, 2.24) is 14.8 Å². The Morgan fingerprint density at radius 1 is 1.15 bits per heavy atom. The highest BCUT2D eigenvalue weighted by atomic mass is 35.5. The summed E-state index contributed by atoms with van der Waals surface area (Å²) in [7, 11) is 4.86. The number of benzene rings is 2. The summed E-state index contributed by atoms with van der Waals surface area (Å²) < 4.78 is 18.5. The van der Waals surface area contributed by atoms with E-state index in [0.717, 1.165) is 16.9 Å². The van der Waals surface area contributed by atoms with Gasteiger partial charge < -0.3 is 24.1 Å². The van der Waals surface area contributed by atoms with Crippen molar-refractivity contribution >= 4 is 35.0 Å². The first kappa shape index (κ1) is 24.7. The molecule has 176 valence electrons. The summed E-state index contributed by atoms with van der Waals surface area (Å²) in [4.78, 5) is 12.6. The quantitative estimate of drug-likeness (QED) is 0.423. The standard InChI is InChI=1S/C23H27ClN4O4S/c1-13-8-7-9-18(14(13)2)32-15(3)22-26-27-23(28(22)4)33-12-21(29)25-17-11-19(30-5)16(24)10-20(17)31-6/h7-11,15H,12H2,1-6H3,(H,25,29). The van der Waals surface area contributed by atoms with Crippen molar-refractivity contribution in [2.75, 3.05) is 25.3 Å². The SMILES string of the molecule is COc1cc(NC(=O)CSc2nnc(C(C)Oc3cccc(C)c3C)n2C)c(OC)cc1Cl. The third-order valence-corrected chi connectivity index (χ3v) is 6.49. The molecule has 1 N–H and O–H groups in total. The Morgan fingerprint density at radius 3 is 2.58 bits per heavy atom. The Morgan fingerprint density at radius 2 is 1.88 bits per heavy atom. The summed E-state index contributed by atoms with van der Waals surface area (Å²) in [5.41, 5.74) is 2.72. The van der Waals surface area contributed by atoms with E-state index in [1.807, 2.05) is 50.6 Å². The van der Waals surface area contributed by atoms with Gasteiger partial charge in [0.25, 0.3) is 0 Å². The van der Waals surface area contributed by atoms with E-state index in [9.17, 15) is 4.79 Å². The number of ether oxygens (including phenoxy) is 3. The first-order valence-electron chi connectivity index (χ1n) is 10.2. The number of hydrogen-bond donors (Lipinski definition) is 1. The maximum Gasteiger partial charge on any atom is 0.234 e. The molecule has 1 heterocycles. The maximum atomic E-state index is 12.6. The lowest BCUT2D eigenvalue weighted by atomic mass is 10.1. The molecule has 0 aliphatic heterocycles. The van der Waals surface area contributed by atoms with Crippen molar-refractivity contribution in [2.45, 2.75) is 32.0 Å². The minimum absolute atomic E-state index is 0.131. The zero-order valence-corrected chi connectivity index (χ0v) is 21.0. The molecule has 0 bridgehead atoms. The Bertz CT molecular complexity index is 1150. The Labute approximate surface area is 202 Å². The molecule has 8 nitrogen and oxygen atoms in total. The first-order valence-corrected chi connectivity index (χ1v) is 11.6. The molecule has 1 aromatic heterocycles. The van der Waals surface area contributed by atoms with Gasteiger partial charge in [0.2, 0.25) is 5.91 Å². The number of nitrogens with one attached hydrogen (secondary N) is 1. The van der Waals surface area contributed by atoms with Crippen LogP contribution in [-0.4, -0.2) is 40.6 Å². The number of hydrogen-bond acceptors (Lipinski definition) is 7. The van der Waals surface area contributed by atoms with Crippen LogP contribution in [0.15, 0.2) is 35.5 Å². The Kier molecular flexibility index (Phi) is 8.10. The van der Waals surface area contributed by atoms with Gasteiger partial charge in [0.15, 0.2) is 17.1 Å². The van der Waals surface area contributed by atoms with Crippen molar-refractivity contribution in [2.24, 2.45) is 7.05 Å². The summed E-state index contributed by atoms with van der Waals surface area (Å²) in [6, 6.07) is 9.16. The molecule has 3 aromatic rings. The molecule has 0 saturated carbocycles. The van der Waals surface area contributed by atoms with E-state index in [-0.39, 0.29) is 17.8 Å². The number of carbonyl (C=O) groups excluding carboxylic acids is 1. The number of aromatic nitrogens is 3. The first-order chi connectivity index (χ1) is 15.7. The lowest BCUT2D eigenvalue weighted by Crippen LogP contribution is -2.15. The average molecular weight is 491 g/mol. The van der Waals surface area contributed by atoms with Gasteiger partial charge in [-0.3, -0.25) is 4.79 Å². The largest absolute Gasteiger partial charge is 0.495 e. The van der Waals surface area contributed by atoms with E-state index >= 15 is 0 Å². The lowest BCUT2D eigenvalue weighted by molar-refractivity contribution is -0.113. The Hall–Kier alpha value is -2.91. The molecule has 0 radical (unpaired) electrons. The van der Waals surface area contributed by atoms with Gasteiger partial charge in [-0.1, -0.05) is 35.5 Å². The van der Waals surface area contributed by atoms with E-state index in [1.165, 1.54) is 26.0 Å². The molecule has 3 rings (SSSR count). The molecule has 1 atom stereocenters. The van der Waals surface area contributed by atoms with Gasteiger partial charge in [0.1, 0.15) is 17.2 Å². The number of thioether (sulfide) groups is 1. The number of anilines is 1. The predicted octanol–water partition coefficient (Wildman–Crippen LogP) is 4.97. The van der Waals surface area contributed by atoms with Gasteiger partial charge in [-0.2, -0.15) is 0 Å². The topological polar surface area (TPSA) is 87.5 Å². The molecule has 0 aliphatic carbocycles. The van der Waals surface area contributed by atoms with E-state index in [1.54, 1.807) is 12.1 Å². The molecule has 33 heavy (non-hydrogen) atoms. The molecule has 0 spiro atoms. The summed E-state index contributed by atoms with van der Waals surface area (Å²) in [6.07, 6.45) is -0.308. The van der Waals surface area contributed by atoms with Crippen LogP contribution in [0.3, 0.4) is 0 Å². The van der Waals surface area contributed by atoms with Crippen LogP contribution in [0.25, 0.3) is 0 Å². The third kappa shape index (κ3) is 5.72. The second-order valence-electron chi connectivity index (χ2n) is 7.38. The molecular weight excluding hydrogens is 464 g/mol. The molecule has 0 saturated heterocycles. The van der Waals surface area contributed by atoms with Crippen molar-refractivity contribution in [3.05, 3.63) is 52.3 Å². The van der Waals surface area contributed by atoms with Gasteiger partial charge in [-0.15, -0.1) is 10.2 Å². The fraction of sp³-hybridized carbons (Fsp3) is 0.348. The van der Waals surface area contributed by atoms with Gasteiger partial charge >= 0.3 is 0 Å². The lowest BCUT2D eigenvalue weighted by Gasteiger charge is -2.17. The van der Waals surface area contributed by atoms with Crippen LogP contribution in [0.2, 0.25) is 5.02 Å². The number of carbonyl (C=O) groups is 1. The van der Waals surface area contributed by atoms with Crippen LogP contribution < -0.4 is 19.5 Å². The van der Waals surface area contributed by atoms with Crippen LogP contribution in [0.5, 0.6) is 17.2 Å². The van der Waals surface area contributed by atoms with Crippen LogP contribution in [-0.2, 0) is 11.8 Å². The maximum absolute atomic E-state index is 12.6. The van der Waals surface area contributed by atoms with Crippen LogP contribution in [0.4, 0.5) is 5.69 Å². The highest BCUT2D eigenvalue weighted by Crippen LogP contribution is 2.36. The van der Waals surface area contributed by atoms with Crippen molar-refractivity contribution < 1.29 is 19.0 Å². The van der Waals surface area contributed by atoms with Crippen LogP contribution in [0.1, 0.15) is 30.0 Å². The predicted molar refractivity (Wildman–Crippen MR) is 130 cm³/mol. The minimum Gasteiger partial charge on any atom is -0.495 e. The molecule has 1 unspecified atom stereocenters. The number of rotatable bonds is 9. The van der Waals surface area contributed by atoms with Crippen molar-refractivity contribution in [3.63, 3.8) is 0 Å². The summed E-state index contributed by atoms with van der Waals surface area (Å²) in [5, 5.41) is 12.3. The number of aryl methyl sites for hydroxylation is 1. The van der Waals surface area contributed by atoms with Crippen LogP contribution in [0, 0.1) is 13.8 Å². The smallest absolute Gasteiger partial charge is 0.234 e. The molecule has 0 aliphatic rings. The van der Waals surface area contributed by atoms with E-state index < -0.39 is 0 Å². The summed E-state index contributed by atoms with van der Waals surface area (Å²) in [5.74, 6) is 2.27. The number of amides is 1. The average Bonchev–Trinajstić information content (AvgIpc) is 3.16. The molecule has 0 fully saturated rings. The van der Waals surface area contributed by atoms with Gasteiger partial charge in [-0.25, -0.2) is 0 Å². The van der Waals surface area contributed by atoms with Crippen molar-refractivity contribution in [1.29, 1.82) is 0 Å². The Balaban J connectivity index is 1.65. The highest BCUT2D eigenvalue weighted by molar-refractivity contribution is 7.99. The molecule has 10 heteroatoms. The fourth-order valence-electron chi connectivity index (χ4n) is 3.18. The molecule has 1 amide bonds. The number of nitrogens with zero attached hydrogens (tertiary/aromatic N) is 3. The minimum atomic E-state index is -0.308. The van der Waals surface area contributed by atoms with E-state index in [0.29, 0.717) is 33.2 Å². The summed E-state index contributed by atoms with van der Waals surface area (Å²) >= 11 is 7.40. The second kappa shape index (κ2) is 10.8. The molecule has 2 aromatic carbocycles. The second-order valence-corrected chi connectivity index (χ2v) is 8.73. The molecular formula is C23H27ClN4O4S. The number of halogens is 1. The van der Waals surface area contributed by atoms with E-state index in [2.05, 4.69) is 15.5 Å². The van der Waals surface area contributed by atoms with Gasteiger partial charge in [0.05, 0.1) is 30.7 Å². The fourth-order valence-corrected chi connectivity index (χ4v) is 4.12. The number of methoxy groups -OCH3 is 2. The van der Waals surface area contributed by atoms with Gasteiger partial charge in [0, 0.05) is 19.2 Å². The zero-order chi connectivity index (χ0) is 24.1. The van der Waals surface area contributed by atoms with Crippen LogP contribution >= 0.6 is 23.4 Å². The van der Waals surface area contributed by atoms with E-state index in [4.69, 9.17) is 25.8 Å². The normalized spacial score (nSPS) is 11.7. The van der Waals surface area contributed by atoms with Crippen molar-refractivity contribution in [3.8, 4) is 17.2 Å². The zero-order valence-electron chi connectivity index (χ0n) is 19.4. The summed E-state index contributed by atoms with van der Waals surface area (Å²) in [6.45, 7) is 6.00. The monoisotopic (exact) mass is 490 g/mol. The highest BCUT2D eigenvalue weighted by Gasteiger charge is 2.19.